The Kier molecular flexibility index (Phi) is 7.61. The van der Waals surface area contributed by atoms with E-state index in [-0.39, 0.29) is 0 Å². The van der Waals surface area contributed by atoms with E-state index in [9.17, 15) is 0 Å². The Balaban J connectivity index is 1.67. The van der Waals surface area contributed by atoms with E-state index in [1.54, 1.807) is 0 Å². The van der Waals surface area contributed by atoms with Gasteiger partial charge in [-0.2, -0.15) is 11.8 Å². The molecule has 1 nitrogen and oxygen atoms in total. The summed E-state index contributed by atoms with van der Waals surface area (Å²) in [6.07, 6.45) is 12.2. The van der Waals surface area contributed by atoms with Crippen molar-refractivity contribution in [2.45, 2.75) is 44.9 Å². The van der Waals surface area contributed by atoms with Crippen LogP contribution in [0.3, 0.4) is 0 Å². The highest BCUT2D eigenvalue weighted by Crippen LogP contribution is 2.25. The van der Waals surface area contributed by atoms with Crippen molar-refractivity contribution in [3.63, 3.8) is 0 Å². The quantitative estimate of drug-likeness (QED) is 0.592. The molecule has 2 heteroatoms. The third-order valence-corrected chi connectivity index (χ3v) is 3.81. The highest BCUT2D eigenvalue weighted by molar-refractivity contribution is 7.98. The standard InChI is InChI=1S/C12H25NS/c1-14-10-5-3-2-4-9-13-11-12-7-6-8-12/h12-13H,2-11H2,1H3. The lowest BCUT2D eigenvalue weighted by Gasteiger charge is -2.25. The molecule has 0 aromatic heterocycles. The maximum atomic E-state index is 3.57. The Morgan fingerprint density at radius 3 is 2.57 bits per heavy atom. The first-order valence-corrected chi connectivity index (χ1v) is 7.52. The first-order chi connectivity index (χ1) is 6.93. The Morgan fingerprint density at radius 2 is 1.93 bits per heavy atom. The normalized spacial score (nSPS) is 16.9. The molecule has 0 spiro atoms. The number of hydrogen-bond acceptors (Lipinski definition) is 2. The lowest BCUT2D eigenvalue weighted by molar-refractivity contribution is 0.301. The van der Waals surface area contributed by atoms with Gasteiger partial charge in [-0.1, -0.05) is 19.3 Å². The SMILES string of the molecule is CSCCCCCCNCC1CCC1. The van der Waals surface area contributed by atoms with E-state index in [0.717, 1.165) is 5.92 Å². The molecule has 0 unspecified atom stereocenters. The molecular formula is C12H25NS. The van der Waals surface area contributed by atoms with Gasteiger partial charge in [0.15, 0.2) is 0 Å². The maximum Gasteiger partial charge on any atom is -0.00205 e. The fraction of sp³-hybridized carbons (Fsp3) is 1.00. The molecule has 0 aromatic carbocycles. The van der Waals surface area contributed by atoms with Crippen molar-refractivity contribution in [3.05, 3.63) is 0 Å². The molecule has 0 aromatic rings. The van der Waals surface area contributed by atoms with Gasteiger partial charge >= 0.3 is 0 Å². The van der Waals surface area contributed by atoms with Gasteiger partial charge in [0, 0.05) is 0 Å². The van der Waals surface area contributed by atoms with Gasteiger partial charge in [0.2, 0.25) is 0 Å². The Labute approximate surface area is 93.4 Å². The summed E-state index contributed by atoms with van der Waals surface area (Å²) >= 11 is 1.97. The van der Waals surface area contributed by atoms with Gasteiger partial charge in [-0.05, 0) is 56.7 Å². The topological polar surface area (TPSA) is 12.0 Å². The third-order valence-electron chi connectivity index (χ3n) is 3.11. The Hall–Kier alpha value is 0.310. The highest BCUT2D eigenvalue weighted by Gasteiger charge is 2.15. The zero-order valence-electron chi connectivity index (χ0n) is 9.56. The first kappa shape index (κ1) is 12.4. The lowest BCUT2D eigenvalue weighted by atomic mass is 9.85. The minimum Gasteiger partial charge on any atom is -0.316 e. The summed E-state index contributed by atoms with van der Waals surface area (Å²) in [4.78, 5) is 0. The van der Waals surface area contributed by atoms with E-state index in [2.05, 4.69) is 11.6 Å². The summed E-state index contributed by atoms with van der Waals surface area (Å²) in [5.41, 5.74) is 0. The van der Waals surface area contributed by atoms with Gasteiger partial charge in [-0.3, -0.25) is 0 Å². The molecular weight excluding hydrogens is 190 g/mol. The van der Waals surface area contributed by atoms with Crippen LogP contribution in [0.15, 0.2) is 0 Å². The van der Waals surface area contributed by atoms with E-state index >= 15 is 0 Å². The average Bonchev–Trinajstić information content (AvgIpc) is 2.13. The summed E-state index contributed by atoms with van der Waals surface area (Å²) in [6, 6.07) is 0. The number of thioether (sulfide) groups is 1. The van der Waals surface area contributed by atoms with Gasteiger partial charge in [0.25, 0.3) is 0 Å². The minimum absolute atomic E-state index is 1.02. The van der Waals surface area contributed by atoms with Crippen LogP contribution in [0.5, 0.6) is 0 Å². The summed E-state index contributed by atoms with van der Waals surface area (Å²) in [6.45, 7) is 2.53. The van der Waals surface area contributed by atoms with Crippen molar-refractivity contribution in [1.29, 1.82) is 0 Å². The fourth-order valence-corrected chi connectivity index (χ4v) is 2.35. The van der Waals surface area contributed by atoms with Gasteiger partial charge < -0.3 is 5.32 Å². The van der Waals surface area contributed by atoms with E-state index in [1.165, 1.54) is 63.8 Å². The van der Waals surface area contributed by atoms with Crippen LogP contribution in [0.2, 0.25) is 0 Å². The second-order valence-corrected chi connectivity index (χ2v) is 5.39. The number of rotatable bonds is 9. The molecule has 14 heavy (non-hydrogen) atoms. The van der Waals surface area contributed by atoms with Gasteiger partial charge in [-0.15, -0.1) is 0 Å². The van der Waals surface area contributed by atoms with Crippen LogP contribution in [0, 0.1) is 5.92 Å². The molecule has 1 aliphatic carbocycles. The monoisotopic (exact) mass is 215 g/mol. The Bertz CT molecular complexity index is 123. The summed E-state index contributed by atoms with van der Waals surface area (Å²) < 4.78 is 0. The van der Waals surface area contributed by atoms with Crippen molar-refractivity contribution in [2.24, 2.45) is 5.92 Å². The van der Waals surface area contributed by atoms with Crippen LogP contribution in [0.4, 0.5) is 0 Å². The third kappa shape index (κ3) is 5.92. The molecule has 1 aliphatic rings. The molecule has 0 aliphatic heterocycles. The number of unbranched alkanes of at least 4 members (excludes halogenated alkanes) is 3. The molecule has 0 heterocycles. The smallest absolute Gasteiger partial charge is 0.00205 e. The lowest BCUT2D eigenvalue weighted by Crippen LogP contribution is -2.27. The molecule has 1 rings (SSSR count). The Morgan fingerprint density at radius 1 is 1.14 bits per heavy atom. The molecule has 1 saturated carbocycles. The second kappa shape index (κ2) is 8.60. The molecule has 1 N–H and O–H groups in total. The van der Waals surface area contributed by atoms with Crippen LogP contribution in [0.25, 0.3) is 0 Å². The van der Waals surface area contributed by atoms with Gasteiger partial charge in [0.05, 0.1) is 0 Å². The second-order valence-electron chi connectivity index (χ2n) is 4.41. The summed E-state index contributed by atoms with van der Waals surface area (Å²) in [5.74, 6) is 2.36. The van der Waals surface area contributed by atoms with E-state index in [0.29, 0.717) is 0 Å². The first-order valence-electron chi connectivity index (χ1n) is 6.13. The average molecular weight is 215 g/mol. The molecule has 0 amide bonds. The van der Waals surface area contributed by atoms with Crippen molar-refractivity contribution in [1.82, 2.24) is 5.32 Å². The van der Waals surface area contributed by atoms with Gasteiger partial charge in [-0.25, -0.2) is 0 Å². The molecule has 0 saturated heterocycles. The van der Waals surface area contributed by atoms with Crippen LogP contribution in [-0.4, -0.2) is 25.1 Å². The van der Waals surface area contributed by atoms with E-state index in [4.69, 9.17) is 0 Å². The van der Waals surface area contributed by atoms with Crippen LogP contribution in [-0.2, 0) is 0 Å². The largest absolute Gasteiger partial charge is 0.316 e. The van der Waals surface area contributed by atoms with Crippen LogP contribution in [0.1, 0.15) is 44.9 Å². The molecule has 84 valence electrons. The van der Waals surface area contributed by atoms with Gasteiger partial charge in [0.1, 0.15) is 0 Å². The van der Waals surface area contributed by atoms with Crippen LogP contribution < -0.4 is 5.32 Å². The predicted octanol–water partition coefficient (Wildman–Crippen LogP) is 3.30. The van der Waals surface area contributed by atoms with E-state index in [1.807, 2.05) is 11.8 Å². The molecule has 0 atom stereocenters. The van der Waals surface area contributed by atoms with Crippen molar-refractivity contribution in [3.8, 4) is 0 Å². The molecule has 0 bridgehead atoms. The number of hydrogen-bond donors (Lipinski definition) is 1. The molecule has 1 fully saturated rings. The summed E-state index contributed by atoms with van der Waals surface area (Å²) in [7, 11) is 0. The predicted molar refractivity (Wildman–Crippen MR) is 67.1 cm³/mol. The van der Waals surface area contributed by atoms with Crippen molar-refractivity contribution >= 4 is 11.8 Å². The maximum absolute atomic E-state index is 3.57. The fourth-order valence-electron chi connectivity index (χ4n) is 1.85. The van der Waals surface area contributed by atoms with E-state index < -0.39 is 0 Å². The zero-order chi connectivity index (χ0) is 10.1. The highest BCUT2D eigenvalue weighted by atomic mass is 32.2. The van der Waals surface area contributed by atoms with Crippen molar-refractivity contribution in [2.75, 3.05) is 25.1 Å². The van der Waals surface area contributed by atoms with Crippen LogP contribution >= 0.6 is 11.8 Å². The molecule has 0 radical (unpaired) electrons. The number of nitrogens with one attached hydrogen (secondary N) is 1. The minimum atomic E-state index is 1.02. The zero-order valence-corrected chi connectivity index (χ0v) is 10.4. The summed E-state index contributed by atoms with van der Waals surface area (Å²) in [5, 5.41) is 3.57. The van der Waals surface area contributed by atoms with Crippen molar-refractivity contribution < 1.29 is 0 Å².